The Morgan fingerprint density at radius 1 is 1.24 bits per heavy atom. The Bertz CT molecular complexity index is 560. The second-order valence-corrected chi connectivity index (χ2v) is 4.33. The summed E-state index contributed by atoms with van der Waals surface area (Å²) in [5.74, 6) is 3.25. The van der Waals surface area contributed by atoms with Crippen molar-refractivity contribution in [1.29, 1.82) is 0 Å². The van der Waals surface area contributed by atoms with E-state index in [1.54, 1.807) is 0 Å². The average molecular weight is 229 g/mol. The van der Waals surface area contributed by atoms with Crippen molar-refractivity contribution in [2.24, 2.45) is 0 Å². The summed E-state index contributed by atoms with van der Waals surface area (Å²) in [6, 6.07) is 3.86. The van der Waals surface area contributed by atoms with Crippen LogP contribution in [-0.4, -0.2) is 17.0 Å². The number of hydrogen-bond acceptors (Lipinski definition) is 4. The molecule has 0 amide bonds. The maximum atomic E-state index is 5.58. The topological polar surface area (TPSA) is 51.0 Å². The monoisotopic (exact) mass is 229 g/mol. The number of aromatic nitrogens is 2. The van der Waals surface area contributed by atoms with Crippen molar-refractivity contribution in [2.75, 3.05) is 12.4 Å². The molecule has 2 aromatic heterocycles. The second kappa shape index (κ2) is 3.87. The minimum Gasteiger partial charge on any atom is -0.458 e. The van der Waals surface area contributed by atoms with E-state index < -0.39 is 0 Å². The number of nitrogens with zero attached hydrogens (tertiary/aromatic N) is 2. The predicted octanol–water partition coefficient (Wildman–Crippen LogP) is 2.58. The zero-order chi connectivity index (χ0) is 11.8. The highest BCUT2D eigenvalue weighted by Crippen LogP contribution is 2.29. The zero-order valence-corrected chi connectivity index (χ0v) is 10.1. The fourth-order valence-corrected chi connectivity index (χ4v) is 2.30. The van der Waals surface area contributed by atoms with Gasteiger partial charge in [-0.1, -0.05) is 0 Å². The van der Waals surface area contributed by atoms with Crippen molar-refractivity contribution in [2.45, 2.75) is 26.2 Å². The summed E-state index contributed by atoms with van der Waals surface area (Å²) >= 11 is 0. The molecule has 2 aromatic rings. The lowest BCUT2D eigenvalue weighted by atomic mass is 10.2. The summed E-state index contributed by atoms with van der Waals surface area (Å²) in [4.78, 5) is 9.13. The van der Waals surface area contributed by atoms with Crippen molar-refractivity contribution in [3.8, 4) is 11.6 Å². The smallest absolute Gasteiger partial charge is 0.197 e. The maximum Gasteiger partial charge on any atom is 0.197 e. The minimum absolute atomic E-state index is 0.683. The molecule has 3 rings (SSSR count). The van der Waals surface area contributed by atoms with Crippen molar-refractivity contribution in [3.05, 3.63) is 29.2 Å². The highest BCUT2D eigenvalue weighted by atomic mass is 16.3. The highest BCUT2D eigenvalue weighted by molar-refractivity contribution is 5.56. The third-order valence-electron chi connectivity index (χ3n) is 3.13. The third kappa shape index (κ3) is 1.69. The van der Waals surface area contributed by atoms with Crippen molar-refractivity contribution < 1.29 is 4.42 Å². The molecule has 1 aliphatic carbocycles. The zero-order valence-electron chi connectivity index (χ0n) is 10.1. The van der Waals surface area contributed by atoms with Crippen molar-refractivity contribution >= 4 is 5.82 Å². The Hall–Kier alpha value is -1.84. The van der Waals surface area contributed by atoms with Gasteiger partial charge in [0, 0.05) is 18.3 Å². The molecule has 0 unspecified atom stereocenters. The molecule has 0 saturated heterocycles. The molecule has 0 bridgehead atoms. The Morgan fingerprint density at radius 2 is 2.12 bits per heavy atom. The molecular formula is C13H15N3O. The number of hydrogen-bond donors (Lipinski definition) is 1. The SMILES string of the molecule is CNc1nc(-c2ccc(C)o2)nc2c1CCC2. The van der Waals surface area contributed by atoms with Crippen LogP contribution in [0.25, 0.3) is 11.6 Å². The molecule has 0 aromatic carbocycles. The van der Waals surface area contributed by atoms with Gasteiger partial charge in [0.2, 0.25) is 0 Å². The molecule has 1 aliphatic rings. The number of aryl methyl sites for hydroxylation is 2. The summed E-state index contributed by atoms with van der Waals surface area (Å²) < 4.78 is 5.58. The van der Waals surface area contributed by atoms with Crippen LogP contribution >= 0.6 is 0 Å². The summed E-state index contributed by atoms with van der Waals surface area (Å²) in [6.07, 6.45) is 3.28. The van der Waals surface area contributed by atoms with Crippen LogP contribution in [0, 0.1) is 6.92 Å². The number of nitrogens with one attached hydrogen (secondary N) is 1. The number of fused-ring (bicyclic) bond motifs is 1. The summed E-state index contributed by atoms with van der Waals surface area (Å²) in [5, 5.41) is 3.15. The van der Waals surface area contributed by atoms with E-state index in [2.05, 4.69) is 15.3 Å². The van der Waals surface area contributed by atoms with E-state index in [4.69, 9.17) is 4.42 Å². The van der Waals surface area contributed by atoms with Gasteiger partial charge in [-0.25, -0.2) is 9.97 Å². The van der Waals surface area contributed by atoms with Crippen LogP contribution in [-0.2, 0) is 12.8 Å². The Morgan fingerprint density at radius 3 is 2.82 bits per heavy atom. The Labute approximate surface area is 100 Å². The maximum absolute atomic E-state index is 5.58. The van der Waals surface area contributed by atoms with Crippen LogP contribution in [0.15, 0.2) is 16.5 Å². The molecule has 4 heteroatoms. The van der Waals surface area contributed by atoms with E-state index in [1.165, 1.54) is 12.0 Å². The predicted molar refractivity (Wildman–Crippen MR) is 66.0 cm³/mol. The molecule has 0 aliphatic heterocycles. The van der Waals surface area contributed by atoms with E-state index in [1.807, 2.05) is 26.1 Å². The minimum atomic E-state index is 0.683. The second-order valence-electron chi connectivity index (χ2n) is 4.33. The highest BCUT2D eigenvalue weighted by Gasteiger charge is 2.20. The first-order valence-electron chi connectivity index (χ1n) is 5.92. The molecule has 0 atom stereocenters. The van der Waals surface area contributed by atoms with Crippen LogP contribution in [0.3, 0.4) is 0 Å². The van der Waals surface area contributed by atoms with Crippen LogP contribution < -0.4 is 5.32 Å². The number of furan rings is 1. The van der Waals surface area contributed by atoms with E-state index in [9.17, 15) is 0 Å². The van der Waals surface area contributed by atoms with Gasteiger partial charge in [-0.2, -0.15) is 0 Å². The van der Waals surface area contributed by atoms with Crippen molar-refractivity contribution in [1.82, 2.24) is 9.97 Å². The lowest BCUT2D eigenvalue weighted by Gasteiger charge is -2.07. The molecule has 0 spiro atoms. The molecule has 0 fully saturated rings. The van der Waals surface area contributed by atoms with Gasteiger partial charge >= 0.3 is 0 Å². The molecule has 17 heavy (non-hydrogen) atoms. The molecule has 88 valence electrons. The summed E-state index contributed by atoms with van der Waals surface area (Å²) in [7, 11) is 1.90. The van der Waals surface area contributed by atoms with Gasteiger partial charge in [0.1, 0.15) is 11.6 Å². The molecule has 1 N–H and O–H groups in total. The van der Waals surface area contributed by atoms with Crippen LogP contribution in [0.5, 0.6) is 0 Å². The van der Waals surface area contributed by atoms with Gasteiger partial charge in [-0.05, 0) is 38.3 Å². The fourth-order valence-electron chi connectivity index (χ4n) is 2.30. The first-order valence-corrected chi connectivity index (χ1v) is 5.92. The van der Waals surface area contributed by atoms with E-state index in [0.29, 0.717) is 5.82 Å². The van der Waals surface area contributed by atoms with Gasteiger partial charge < -0.3 is 9.73 Å². The lowest BCUT2D eigenvalue weighted by Crippen LogP contribution is -2.03. The largest absolute Gasteiger partial charge is 0.458 e. The standard InChI is InChI=1S/C13H15N3O/c1-8-6-7-11(17-8)13-15-10-5-3-4-9(10)12(14-2)16-13/h6-7H,3-5H2,1-2H3,(H,14,15,16). The molecule has 0 radical (unpaired) electrons. The van der Waals surface area contributed by atoms with Gasteiger partial charge in [0.25, 0.3) is 0 Å². The van der Waals surface area contributed by atoms with Gasteiger partial charge in [-0.3, -0.25) is 0 Å². The van der Waals surface area contributed by atoms with Gasteiger partial charge in [0.15, 0.2) is 11.6 Å². The Balaban J connectivity index is 2.12. The lowest BCUT2D eigenvalue weighted by molar-refractivity contribution is 0.544. The average Bonchev–Trinajstić information content (AvgIpc) is 2.95. The Kier molecular flexibility index (Phi) is 2.35. The van der Waals surface area contributed by atoms with Crippen LogP contribution in [0.1, 0.15) is 23.4 Å². The molecule has 2 heterocycles. The molecule has 4 nitrogen and oxygen atoms in total. The van der Waals surface area contributed by atoms with E-state index in [0.717, 1.165) is 35.9 Å². The van der Waals surface area contributed by atoms with E-state index >= 15 is 0 Å². The quantitative estimate of drug-likeness (QED) is 0.859. The summed E-state index contributed by atoms with van der Waals surface area (Å²) in [5.41, 5.74) is 2.42. The third-order valence-corrected chi connectivity index (χ3v) is 3.13. The number of anilines is 1. The first-order chi connectivity index (χ1) is 8.28. The van der Waals surface area contributed by atoms with Gasteiger partial charge in [0.05, 0.1) is 0 Å². The van der Waals surface area contributed by atoms with Crippen molar-refractivity contribution in [3.63, 3.8) is 0 Å². The van der Waals surface area contributed by atoms with Gasteiger partial charge in [-0.15, -0.1) is 0 Å². The van der Waals surface area contributed by atoms with Crippen LogP contribution in [0.4, 0.5) is 5.82 Å². The van der Waals surface area contributed by atoms with Crippen LogP contribution in [0.2, 0.25) is 0 Å². The summed E-state index contributed by atoms with van der Waals surface area (Å²) in [6.45, 7) is 1.93. The normalized spacial score (nSPS) is 13.8. The molecular weight excluding hydrogens is 214 g/mol. The number of rotatable bonds is 2. The molecule has 0 saturated carbocycles. The fraction of sp³-hybridized carbons (Fsp3) is 0.385. The first kappa shape index (κ1) is 10.3. The van der Waals surface area contributed by atoms with E-state index in [-0.39, 0.29) is 0 Å².